The van der Waals surface area contributed by atoms with Gasteiger partial charge in [-0.25, -0.2) is 14.6 Å². The maximum Gasteiger partial charge on any atom is 0.409 e. The number of carbonyl (C=O) groups is 3. The number of aryl methyl sites for hydroxylation is 2. The summed E-state index contributed by atoms with van der Waals surface area (Å²) >= 11 is 1.43. The fraction of sp³-hybridized carbons (Fsp3) is 0.278. The van der Waals surface area contributed by atoms with Crippen LogP contribution in [-0.4, -0.2) is 52.7 Å². The monoisotopic (exact) mass is 436 g/mol. The molecule has 1 heterocycles. The van der Waals surface area contributed by atoms with E-state index in [0.717, 1.165) is 24.2 Å². The summed E-state index contributed by atoms with van der Waals surface area (Å²) in [6.07, 6.45) is 0.396. The van der Waals surface area contributed by atoms with E-state index in [9.17, 15) is 9.59 Å². The Morgan fingerprint density at radius 3 is 2.47 bits per heavy atom. The Kier molecular flexibility index (Phi) is 11.0. The van der Waals surface area contributed by atoms with Crippen LogP contribution >= 0.6 is 11.3 Å². The van der Waals surface area contributed by atoms with Gasteiger partial charge >= 0.3 is 12.2 Å². The number of nitrogens with two attached hydrogens (primary N) is 1. The SMILES string of the molecule is CC(=O)Nc1nc(CCc2ccc(NCCN=CNC(=O)O)cc2)cs1.NC(=O)O. The molecule has 1 aromatic heterocycles. The van der Waals surface area contributed by atoms with Gasteiger partial charge in [-0.05, 0) is 30.5 Å². The topological polar surface area (TPSA) is 179 Å². The molecule has 11 nitrogen and oxygen atoms in total. The van der Waals surface area contributed by atoms with E-state index in [-0.39, 0.29) is 5.91 Å². The van der Waals surface area contributed by atoms with Crippen molar-refractivity contribution in [2.45, 2.75) is 19.8 Å². The highest BCUT2D eigenvalue weighted by Crippen LogP contribution is 2.17. The first-order valence-electron chi connectivity index (χ1n) is 8.77. The van der Waals surface area contributed by atoms with Gasteiger partial charge in [0.2, 0.25) is 5.91 Å². The van der Waals surface area contributed by atoms with Gasteiger partial charge in [0.05, 0.1) is 18.6 Å². The smallest absolute Gasteiger partial charge is 0.409 e. The zero-order chi connectivity index (χ0) is 22.4. The molecule has 0 bridgehead atoms. The highest BCUT2D eigenvalue weighted by atomic mass is 32.1. The molecule has 0 saturated heterocycles. The van der Waals surface area contributed by atoms with E-state index < -0.39 is 12.2 Å². The van der Waals surface area contributed by atoms with Crippen LogP contribution in [0.4, 0.5) is 20.4 Å². The first-order valence-corrected chi connectivity index (χ1v) is 9.65. The van der Waals surface area contributed by atoms with Crippen LogP contribution in [-0.2, 0) is 17.6 Å². The standard InChI is InChI=1S/C17H21N5O3S.CH3NO2/c1-12(23)21-16-22-15(10-26-16)7-4-13-2-5-14(6-3-13)19-9-8-18-11-20-17(24)25;2-1(3)4/h2-3,5-6,10-11,19H,4,7-9H2,1H3,(H,18,20)(H,24,25)(H,21,22,23);2H2,(H,3,4). The van der Waals surface area contributed by atoms with Gasteiger partial charge in [0, 0.05) is 24.5 Å². The Labute approximate surface area is 177 Å². The van der Waals surface area contributed by atoms with E-state index in [0.29, 0.717) is 18.2 Å². The lowest BCUT2D eigenvalue weighted by molar-refractivity contribution is -0.114. The molecule has 0 aliphatic heterocycles. The lowest BCUT2D eigenvalue weighted by Crippen LogP contribution is -2.19. The fourth-order valence-corrected chi connectivity index (χ4v) is 2.91. The molecule has 2 rings (SSSR count). The van der Waals surface area contributed by atoms with Gasteiger partial charge in [0.15, 0.2) is 5.13 Å². The number of hydrogen-bond donors (Lipinski definition) is 6. The first-order chi connectivity index (χ1) is 14.3. The predicted octanol–water partition coefficient (Wildman–Crippen LogP) is 2.22. The maximum absolute atomic E-state index is 11.0. The minimum atomic E-state index is -1.33. The third kappa shape index (κ3) is 11.9. The second-order valence-electron chi connectivity index (χ2n) is 5.77. The zero-order valence-corrected chi connectivity index (χ0v) is 17.1. The van der Waals surface area contributed by atoms with Crippen LogP contribution in [0.1, 0.15) is 18.2 Å². The fourth-order valence-electron chi connectivity index (χ4n) is 2.12. The van der Waals surface area contributed by atoms with E-state index >= 15 is 0 Å². The van der Waals surface area contributed by atoms with Gasteiger partial charge < -0.3 is 26.6 Å². The molecule has 0 unspecified atom stereocenters. The van der Waals surface area contributed by atoms with Gasteiger partial charge in [-0.1, -0.05) is 12.1 Å². The maximum atomic E-state index is 11.0. The highest BCUT2D eigenvalue weighted by Gasteiger charge is 2.04. The van der Waals surface area contributed by atoms with E-state index in [2.05, 4.69) is 43.8 Å². The third-order valence-corrected chi connectivity index (χ3v) is 4.11. The van der Waals surface area contributed by atoms with E-state index in [1.165, 1.54) is 30.2 Å². The number of aromatic nitrogens is 1. The van der Waals surface area contributed by atoms with Crippen molar-refractivity contribution in [1.82, 2.24) is 10.3 Å². The van der Waals surface area contributed by atoms with Crippen molar-refractivity contribution in [3.8, 4) is 0 Å². The Bertz CT molecular complexity index is 849. The summed E-state index contributed by atoms with van der Waals surface area (Å²) in [7, 11) is 0. The van der Waals surface area contributed by atoms with Crippen LogP contribution in [0.25, 0.3) is 0 Å². The average molecular weight is 436 g/mol. The van der Waals surface area contributed by atoms with Gasteiger partial charge in [0.25, 0.3) is 0 Å². The van der Waals surface area contributed by atoms with Gasteiger partial charge in [-0.15, -0.1) is 11.3 Å². The van der Waals surface area contributed by atoms with Crippen LogP contribution < -0.4 is 21.7 Å². The van der Waals surface area contributed by atoms with Crippen molar-refractivity contribution in [3.63, 3.8) is 0 Å². The molecule has 2 aromatic rings. The molecule has 0 radical (unpaired) electrons. The molecule has 162 valence electrons. The van der Waals surface area contributed by atoms with Gasteiger partial charge in [-0.2, -0.15) is 0 Å². The summed E-state index contributed by atoms with van der Waals surface area (Å²) in [4.78, 5) is 38.3. The minimum Gasteiger partial charge on any atom is -0.465 e. The molecule has 3 amide bonds. The molecule has 30 heavy (non-hydrogen) atoms. The Balaban J connectivity index is 0.00000103. The molecule has 7 N–H and O–H groups in total. The summed E-state index contributed by atoms with van der Waals surface area (Å²) in [6.45, 7) is 2.56. The second-order valence-corrected chi connectivity index (χ2v) is 6.63. The number of carbonyl (C=O) groups excluding carboxylic acids is 1. The summed E-state index contributed by atoms with van der Waals surface area (Å²) < 4.78 is 0. The summed E-state index contributed by atoms with van der Waals surface area (Å²) in [5, 5.41) is 26.1. The minimum absolute atomic E-state index is 0.113. The largest absolute Gasteiger partial charge is 0.465 e. The molecule has 0 spiro atoms. The first kappa shape index (κ1) is 24.4. The quantitative estimate of drug-likeness (QED) is 0.198. The van der Waals surface area contributed by atoms with Crippen LogP contribution in [0, 0.1) is 0 Å². The van der Waals surface area contributed by atoms with Crippen LogP contribution in [0.5, 0.6) is 0 Å². The molecule has 12 heteroatoms. The van der Waals surface area contributed by atoms with Crippen molar-refractivity contribution < 1.29 is 24.6 Å². The molecule has 0 aliphatic carbocycles. The van der Waals surface area contributed by atoms with Crippen molar-refractivity contribution >= 4 is 46.6 Å². The van der Waals surface area contributed by atoms with Gasteiger partial charge in [-0.3, -0.25) is 15.1 Å². The number of nitrogens with one attached hydrogen (secondary N) is 3. The molecule has 0 atom stereocenters. The van der Waals surface area contributed by atoms with Crippen molar-refractivity contribution in [2.75, 3.05) is 23.7 Å². The summed E-state index contributed by atoms with van der Waals surface area (Å²) in [5.74, 6) is -0.113. The lowest BCUT2D eigenvalue weighted by atomic mass is 10.1. The van der Waals surface area contributed by atoms with Crippen LogP contribution in [0.3, 0.4) is 0 Å². The van der Waals surface area contributed by atoms with Gasteiger partial charge in [0.1, 0.15) is 0 Å². The molecule has 0 fully saturated rings. The number of hydrogen-bond acceptors (Lipinski definition) is 7. The number of aliphatic imine (C=N–C) groups is 1. The molecule has 0 aliphatic rings. The summed E-state index contributed by atoms with van der Waals surface area (Å²) in [5.41, 5.74) is 7.18. The Morgan fingerprint density at radius 2 is 1.87 bits per heavy atom. The second kappa shape index (κ2) is 13.5. The van der Waals surface area contributed by atoms with Crippen molar-refractivity contribution in [3.05, 3.63) is 40.9 Å². The zero-order valence-electron chi connectivity index (χ0n) is 16.3. The molecule has 1 aromatic carbocycles. The van der Waals surface area contributed by atoms with E-state index in [4.69, 9.17) is 15.0 Å². The number of anilines is 2. The van der Waals surface area contributed by atoms with Crippen molar-refractivity contribution in [2.24, 2.45) is 10.7 Å². The van der Waals surface area contributed by atoms with E-state index in [1.54, 1.807) is 0 Å². The van der Waals surface area contributed by atoms with E-state index in [1.807, 2.05) is 17.5 Å². The highest BCUT2D eigenvalue weighted by molar-refractivity contribution is 7.13. The number of rotatable bonds is 9. The molecular weight excluding hydrogens is 412 g/mol. The van der Waals surface area contributed by atoms with Crippen LogP contribution in [0.2, 0.25) is 0 Å². The molecule has 0 saturated carbocycles. The normalized spacial score (nSPS) is 10.0. The predicted molar refractivity (Wildman–Crippen MR) is 115 cm³/mol. The van der Waals surface area contributed by atoms with Crippen LogP contribution in [0.15, 0.2) is 34.6 Å². The number of amides is 3. The van der Waals surface area contributed by atoms with Crippen molar-refractivity contribution in [1.29, 1.82) is 0 Å². The third-order valence-electron chi connectivity index (χ3n) is 3.31. The Morgan fingerprint density at radius 1 is 1.20 bits per heavy atom. The Hall–Kier alpha value is -3.67. The lowest BCUT2D eigenvalue weighted by Gasteiger charge is -2.06. The molecular formula is C18H24N6O5S. The number of benzene rings is 1. The number of nitrogens with zero attached hydrogens (tertiary/aromatic N) is 2. The number of thiazole rings is 1. The summed E-state index contributed by atoms with van der Waals surface area (Å²) in [6, 6.07) is 8.11. The number of primary amides is 1. The number of carboxylic acid groups (broad SMARTS) is 2. The average Bonchev–Trinajstić information content (AvgIpc) is 3.10.